The fourth-order valence-corrected chi connectivity index (χ4v) is 4.34. The van der Waals surface area contributed by atoms with Crippen LogP contribution in [0.25, 0.3) is 0 Å². The molecule has 0 aromatic heterocycles. The molecule has 0 aromatic carbocycles. The zero-order chi connectivity index (χ0) is 16.9. The van der Waals surface area contributed by atoms with Crippen LogP contribution in [0.5, 0.6) is 0 Å². The molecule has 0 bridgehead atoms. The number of rotatable bonds is 4. The third-order valence-corrected chi connectivity index (χ3v) is 5.55. The van der Waals surface area contributed by atoms with Gasteiger partial charge in [0.1, 0.15) is 0 Å². The number of hydrogen-bond donors (Lipinski definition) is 0. The van der Waals surface area contributed by atoms with E-state index < -0.39 is 0 Å². The van der Waals surface area contributed by atoms with E-state index in [1.165, 1.54) is 38.8 Å². The van der Waals surface area contributed by atoms with E-state index in [2.05, 4.69) is 65.2 Å². The van der Waals surface area contributed by atoms with Crippen molar-refractivity contribution in [2.75, 3.05) is 13.1 Å². The molecule has 132 valence electrons. The molecule has 0 amide bonds. The Kier molecular flexibility index (Phi) is 8.42. The number of likely N-dealkylation sites (tertiary alicyclic amines) is 2. The van der Waals surface area contributed by atoms with Crippen LogP contribution >= 0.6 is 0 Å². The zero-order valence-corrected chi connectivity index (χ0v) is 16.6. The van der Waals surface area contributed by atoms with Gasteiger partial charge in [-0.3, -0.25) is 9.80 Å². The number of nitrogens with zero attached hydrogens (tertiary/aromatic N) is 2. The summed E-state index contributed by atoms with van der Waals surface area (Å²) in [6.45, 7) is 21.2. The first kappa shape index (κ1) is 20.0. The molecule has 22 heavy (non-hydrogen) atoms. The molecule has 0 saturated carbocycles. The van der Waals surface area contributed by atoms with Gasteiger partial charge in [0.05, 0.1) is 0 Å². The molecule has 2 aliphatic heterocycles. The fourth-order valence-electron chi connectivity index (χ4n) is 4.34. The maximum atomic E-state index is 2.64. The monoisotopic (exact) mass is 310 g/mol. The summed E-state index contributed by atoms with van der Waals surface area (Å²) < 4.78 is 0. The van der Waals surface area contributed by atoms with Gasteiger partial charge in [-0.25, -0.2) is 0 Å². The summed E-state index contributed by atoms with van der Waals surface area (Å²) in [5.74, 6) is 1.67. The van der Waals surface area contributed by atoms with Gasteiger partial charge in [-0.15, -0.1) is 0 Å². The van der Waals surface area contributed by atoms with Gasteiger partial charge >= 0.3 is 0 Å². The molecule has 2 nitrogen and oxygen atoms in total. The molecule has 2 rings (SSSR count). The molecular formula is C20H42N2. The van der Waals surface area contributed by atoms with Crippen LogP contribution in [-0.2, 0) is 0 Å². The summed E-state index contributed by atoms with van der Waals surface area (Å²) in [5.41, 5.74) is 0. The first-order valence-electron chi connectivity index (χ1n) is 9.77. The molecule has 2 fully saturated rings. The Bertz CT molecular complexity index is 238. The molecule has 0 spiro atoms. The van der Waals surface area contributed by atoms with Crippen LogP contribution in [0, 0.1) is 11.8 Å². The van der Waals surface area contributed by atoms with E-state index >= 15 is 0 Å². The van der Waals surface area contributed by atoms with E-state index in [0.717, 1.165) is 36.0 Å². The van der Waals surface area contributed by atoms with E-state index in [0.29, 0.717) is 0 Å². The van der Waals surface area contributed by atoms with Crippen molar-refractivity contribution in [3.63, 3.8) is 0 Å². The second kappa shape index (κ2) is 9.27. The second-order valence-electron chi connectivity index (χ2n) is 8.57. The lowest BCUT2D eigenvalue weighted by molar-refractivity contribution is 0.166. The molecule has 1 unspecified atom stereocenters. The molecular weight excluding hydrogens is 268 g/mol. The van der Waals surface area contributed by atoms with E-state index in [9.17, 15) is 0 Å². The summed E-state index contributed by atoms with van der Waals surface area (Å²) in [6.07, 6.45) is 5.63. The van der Waals surface area contributed by atoms with E-state index in [1.54, 1.807) is 0 Å². The van der Waals surface area contributed by atoms with Crippen molar-refractivity contribution in [2.45, 2.75) is 105 Å². The van der Waals surface area contributed by atoms with Crippen LogP contribution < -0.4 is 0 Å². The minimum atomic E-state index is 0.741. The molecule has 2 atom stereocenters. The third-order valence-electron chi connectivity index (χ3n) is 5.55. The van der Waals surface area contributed by atoms with Crippen LogP contribution in [0.15, 0.2) is 0 Å². The van der Waals surface area contributed by atoms with Gasteiger partial charge in [-0.1, -0.05) is 27.7 Å². The Morgan fingerprint density at radius 3 is 1.09 bits per heavy atom. The van der Waals surface area contributed by atoms with Crippen molar-refractivity contribution < 1.29 is 0 Å². The van der Waals surface area contributed by atoms with E-state index in [4.69, 9.17) is 0 Å². The smallest absolute Gasteiger partial charge is 0.0121 e. The van der Waals surface area contributed by atoms with Gasteiger partial charge in [0, 0.05) is 24.2 Å². The predicted molar refractivity (Wildman–Crippen MR) is 99.4 cm³/mol. The molecule has 0 N–H and O–H groups in total. The lowest BCUT2D eigenvalue weighted by Crippen LogP contribution is -2.38. The van der Waals surface area contributed by atoms with Crippen molar-refractivity contribution in [1.82, 2.24) is 9.80 Å². The van der Waals surface area contributed by atoms with Crippen molar-refractivity contribution >= 4 is 0 Å². The van der Waals surface area contributed by atoms with Crippen molar-refractivity contribution in [3.8, 4) is 0 Å². The average molecular weight is 311 g/mol. The highest BCUT2D eigenvalue weighted by Gasteiger charge is 2.29. The van der Waals surface area contributed by atoms with Crippen LogP contribution in [0.1, 0.15) is 81.1 Å². The summed E-state index contributed by atoms with van der Waals surface area (Å²) in [4.78, 5) is 5.29. The minimum Gasteiger partial charge on any atom is -0.298 e. The molecule has 0 radical (unpaired) electrons. The fraction of sp³-hybridized carbons (Fsp3) is 1.00. The minimum absolute atomic E-state index is 0.741. The van der Waals surface area contributed by atoms with Crippen LogP contribution in [0.3, 0.4) is 0 Å². The Morgan fingerprint density at radius 2 is 0.909 bits per heavy atom. The number of hydrogen-bond acceptors (Lipinski definition) is 2. The Balaban J connectivity index is 0.000000220. The Hall–Kier alpha value is -0.0800. The summed E-state index contributed by atoms with van der Waals surface area (Å²) in [6, 6.07) is 3.19. The van der Waals surface area contributed by atoms with Gasteiger partial charge in [-0.05, 0) is 78.3 Å². The standard InChI is InChI=1S/2C10H21N/c2*1-8(2)10-6-5-7-11(10)9(3)4/h2*8-10H,5-7H2,1-4H3/t10-;/m0./s1. The van der Waals surface area contributed by atoms with E-state index in [-0.39, 0.29) is 0 Å². The largest absolute Gasteiger partial charge is 0.298 e. The van der Waals surface area contributed by atoms with Gasteiger partial charge < -0.3 is 0 Å². The summed E-state index contributed by atoms with van der Waals surface area (Å²) in [5, 5.41) is 0. The van der Waals surface area contributed by atoms with Crippen molar-refractivity contribution in [3.05, 3.63) is 0 Å². The Morgan fingerprint density at radius 1 is 0.591 bits per heavy atom. The molecule has 0 aromatic rings. The topological polar surface area (TPSA) is 6.48 Å². The molecule has 2 aliphatic rings. The molecule has 2 saturated heterocycles. The van der Waals surface area contributed by atoms with Crippen LogP contribution in [0.2, 0.25) is 0 Å². The maximum Gasteiger partial charge on any atom is 0.0121 e. The van der Waals surface area contributed by atoms with Crippen molar-refractivity contribution in [2.24, 2.45) is 11.8 Å². The zero-order valence-electron chi connectivity index (χ0n) is 16.6. The van der Waals surface area contributed by atoms with Crippen molar-refractivity contribution in [1.29, 1.82) is 0 Å². The lowest BCUT2D eigenvalue weighted by atomic mass is 10.0. The highest BCUT2D eigenvalue weighted by atomic mass is 15.2. The van der Waals surface area contributed by atoms with Crippen LogP contribution in [-0.4, -0.2) is 47.1 Å². The summed E-state index contributed by atoms with van der Waals surface area (Å²) >= 11 is 0. The molecule has 2 heteroatoms. The SMILES string of the molecule is CC(C)C1CCCN1C(C)C.CC(C)[C@@H]1CCCN1C(C)C. The first-order chi connectivity index (χ1) is 10.3. The van der Waals surface area contributed by atoms with Gasteiger partial charge in [0.15, 0.2) is 0 Å². The highest BCUT2D eigenvalue weighted by molar-refractivity contribution is 4.84. The van der Waals surface area contributed by atoms with Gasteiger partial charge in [-0.2, -0.15) is 0 Å². The summed E-state index contributed by atoms with van der Waals surface area (Å²) in [7, 11) is 0. The normalized spacial score (nSPS) is 27.3. The first-order valence-corrected chi connectivity index (χ1v) is 9.77. The highest BCUT2D eigenvalue weighted by Crippen LogP contribution is 2.26. The third kappa shape index (κ3) is 5.53. The van der Waals surface area contributed by atoms with E-state index in [1.807, 2.05) is 0 Å². The predicted octanol–water partition coefficient (Wildman–Crippen LogP) is 5.03. The van der Waals surface area contributed by atoms with Crippen LogP contribution in [0.4, 0.5) is 0 Å². The molecule has 2 heterocycles. The van der Waals surface area contributed by atoms with Gasteiger partial charge in [0.25, 0.3) is 0 Å². The second-order valence-corrected chi connectivity index (χ2v) is 8.57. The Labute approximate surface area is 140 Å². The molecule has 0 aliphatic carbocycles. The lowest BCUT2D eigenvalue weighted by Gasteiger charge is -2.30. The van der Waals surface area contributed by atoms with Gasteiger partial charge in [0.2, 0.25) is 0 Å². The maximum absolute atomic E-state index is 2.64. The average Bonchev–Trinajstić information content (AvgIpc) is 3.08. The quantitative estimate of drug-likeness (QED) is 0.718.